The van der Waals surface area contributed by atoms with E-state index in [0.717, 1.165) is 18.4 Å². The van der Waals surface area contributed by atoms with Crippen LogP contribution in [-0.2, 0) is 13.0 Å². The highest BCUT2D eigenvalue weighted by Gasteiger charge is 2.07. The van der Waals surface area contributed by atoms with Crippen molar-refractivity contribution in [1.82, 2.24) is 5.32 Å². The van der Waals surface area contributed by atoms with Gasteiger partial charge in [-0.2, -0.15) is 0 Å². The van der Waals surface area contributed by atoms with Crippen LogP contribution in [0.1, 0.15) is 36.5 Å². The largest absolute Gasteiger partial charge is 0.310 e. The number of hydrogen-bond donors (Lipinski definition) is 1. The lowest BCUT2D eigenvalue weighted by Crippen LogP contribution is -2.26. The molecular weight excluding hydrogens is 268 g/mol. The summed E-state index contributed by atoms with van der Waals surface area (Å²) in [6.07, 6.45) is -0.356. The van der Waals surface area contributed by atoms with Gasteiger partial charge in [0.25, 0.3) is 6.43 Å². The van der Waals surface area contributed by atoms with Crippen molar-refractivity contribution >= 4 is 0 Å². The number of halogens is 2. The van der Waals surface area contributed by atoms with Crippen molar-refractivity contribution in [3.05, 3.63) is 71.3 Å². The van der Waals surface area contributed by atoms with E-state index in [1.54, 1.807) is 12.1 Å². The molecule has 0 saturated carbocycles. The van der Waals surface area contributed by atoms with Gasteiger partial charge in [-0.25, -0.2) is 8.78 Å². The first-order valence-electron chi connectivity index (χ1n) is 7.29. The second-order valence-corrected chi connectivity index (χ2v) is 5.35. The molecular formula is C18H21F2N. The lowest BCUT2D eigenvalue weighted by Gasteiger charge is -2.14. The van der Waals surface area contributed by atoms with E-state index in [0.29, 0.717) is 12.6 Å². The highest BCUT2D eigenvalue weighted by Crippen LogP contribution is 2.19. The van der Waals surface area contributed by atoms with E-state index < -0.39 is 6.43 Å². The summed E-state index contributed by atoms with van der Waals surface area (Å²) >= 11 is 0. The average molecular weight is 289 g/mol. The normalized spacial score (nSPS) is 12.6. The zero-order valence-corrected chi connectivity index (χ0v) is 12.2. The Morgan fingerprint density at radius 1 is 0.952 bits per heavy atom. The standard InChI is InChI=1S/C18H21F2N/c1-14(10-11-15-6-3-2-4-7-15)21-13-16-8-5-9-17(12-16)18(19)20/h2-9,12,14,18,21H,10-11,13H2,1H3. The third-order valence-electron chi connectivity index (χ3n) is 3.57. The fraction of sp³-hybridized carbons (Fsp3) is 0.333. The van der Waals surface area contributed by atoms with Gasteiger partial charge in [0, 0.05) is 18.2 Å². The number of benzene rings is 2. The van der Waals surface area contributed by atoms with Crippen molar-refractivity contribution in [2.24, 2.45) is 0 Å². The summed E-state index contributed by atoms with van der Waals surface area (Å²) in [4.78, 5) is 0. The average Bonchev–Trinajstić information content (AvgIpc) is 2.52. The molecule has 0 aromatic heterocycles. The molecule has 1 N–H and O–H groups in total. The molecule has 1 unspecified atom stereocenters. The van der Waals surface area contributed by atoms with E-state index in [1.165, 1.54) is 11.6 Å². The van der Waals surface area contributed by atoms with Crippen molar-refractivity contribution in [3.63, 3.8) is 0 Å². The van der Waals surface area contributed by atoms with Gasteiger partial charge in [-0.1, -0.05) is 48.5 Å². The summed E-state index contributed by atoms with van der Waals surface area (Å²) in [6.45, 7) is 2.75. The second-order valence-electron chi connectivity index (χ2n) is 5.35. The van der Waals surface area contributed by atoms with E-state index in [4.69, 9.17) is 0 Å². The van der Waals surface area contributed by atoms with Crippen LogP contribution in [-0.4, -0.2) is 6.04 Å². The molecule has 2 aromatic rings. The summed E-state index contributed by atoms with van der Waals surface area (Å²) in [5, 5.41) is 3.39. The predicted molar refractivity (Wildman–Crippen MR) is 82.5 cm³/mol. The van der Waals surface area contributed by atoms with Gasteiger partial charge in [0.05, 0.1) is 0 Å². The maximum Gasteiger partial charge on any atom is 0.263 e. The minimum Gasteiger partial charge on any atom is -0.310 e. The third-order valence-corrected chi connectivity index (χ3v) is 3.57. The molecule has 112 valence electrons. The summed E-state index contributed by atoms with van der Waals surface area (Å²) in [5.74, 6) is 0. The van der Waals surface area contributed by atoms with Crippen molar-refractivity contribution in [2.45, 2.75) is 38.8 Å². The van der Waals surface area contributed by atoms with Crippen LogP contribution in [0.5, 0.6) is 0 Å². The molecule has 0 aliphatic heterocycles. The minimum absolute atomic E-state index is 0.0891. The maximum absolute atomic E-state index is 12.6. The molecule has 3 heteroatoms. The van der Waals surface area contributed by atoms with Crippen LogP contribution in [0.4, 0.5) is 8.78 Å². The topological polar surface area (TPSA) is 12.0 Å². The maximum atomic E-state index is 12.6. The van der Waals surface area contributed by atoms with Gasteiger partial charge < -0.3 is 5.32 Å². The monoisotopic (exact) mass is 289 g/mol. The van der Waals surface area contributed by atoms with Gasteiger partial charge in [0.1, 0.15) is 0 Å². The molecule has 1 nitrogen and oxygen atoms in total. The fourth-order valence-electron chi connectivity index (χ4n) is 2.26. The molecule has 2 rings (SSSR count). The lowest BCUT2D eigenvalue weighted by atomic mass is 10.1. The lowest BCUT2D eigenvalue weighted by molar-refractivity contribution is 0.151. The van der Waals surface area contributed by atoms with Gasteiger partial charge in [-0.15, -0.1) is 0 Å². The zero-order valence-electron chi connectivity index (χ0n) is 12.2. The number of alkyl halides is 2. The molecule has 0 amide bonds. The Morgan fingerprint density at radius 3 is 2.38 bits per heavy atom. The summed E-state index contributed by atoms with van der Waals surface area (Å²) in [6, 6.07) is 17.3. The van der Waals surface area contributed by atoms with Crippen LogP contribution in [0, 0.1) is 0 Å². The smallest absolute Gasteiger partial charge is 0.263 e. The molecule has 0 radical (unpaired) electrons. The Kier molecular flexibility index (Phi) is 5.88. The molecule has 0 fully saturated rings. The van der Waals surface area contributed by atoms with Crippen LogP contribution in [0.2, 0.25) is 0 Å². The van der Waals surface area contributed by atoms with Gasteiger partial charge >= 0.3 is 0 Å². The van der Waals surface area contributed by atoms with E-state index in [-0.39, 0.29) is 5.56 Å². The van der Waals surface area contributed by atoms with E-state index in [9.17, 15) is 8.78 Å². The highest BCUT2D eigenvalue weighted by molar-refractivity contribution is 5.24. The fourth-order valence-corrected chi connectivity index (χ4v) is 2.26. The predicted octanol–water partition coefficient (Wildman–Crippen LogP) is 4.74. The second kappa shape index (κ2) is 7.89. The van der Waals surface area contributed by atoms with Crippen molar-refractivity contribution < 1.29 is 8.78 Å². The van der Waals surface area contributed by atoms with E-state index >= 15 is 0 Å². The Morgan fingerprint density at radius 2 is 1.67 bits per heavy atom. The quantitative estimate of drug-likeness (QED) is 0.776. The van der Waals surface area contributed by atoms with Crippen molar-refractivity contribution in [3.8, 4) is 0 Å². The molecule has 0 heterocycles. The first-order valence-corrected chi connectivity index (χ1v) is 7.29. The van der Waals surface area contributed by atoms with Crippen LogP contribution < -0.4 is 5.32 Å². The van der Waals surface area contributed by atoms with Crippen molar-refractivity contribution in [1.29, 1.82) is 0 Å². The molecule has 21 heavy (non-hydrogen) atoms. The third kappa shape index (κ3) is 5.27. The SMILES string of the molecule is CC(CCc1ccccc1)NCc1cccc(C(F)F)c1. The molecule has 0 saturated heterocycles. The Bertz CT molecular complexity index is 540. The van der Waals surface area contributed by atoms with Crippen LogP contribution in [0.15, 0.2) is 54.6 Å². The number of hydrogen-bond acceptors (Lipinski definition) is 1. The molecule has 2 aromatic carbocycles. The van der Waals surface area contributed by atoms with Gasteiger partial charge in [0.2, 0.25) is 0 Å². The van der Waals surface area contributed by atoms with Crippen molar-refractivity contribution in [2.75, 3.05) is 0 Å². The van der Waals surface area contributed by atoms with Crippen LogP contribution in [0.3, 0.4) is 0 Å². The van der Waals surface area contributed by atoms with Gasteiger partial charge in [0.15, 0.2) is 0 Å². The summed E-state index contributed by atoms with van der Waals surface area (Å²) in [7, 11) is 0. The number of rotatable bonds is 7. The summed E-state index contributed by atoms with van der Waals surface area (Å²) < 4.78 is 25.3. The molecule has 0 aliphatic carbocycles. The first kappa shape index (κ1) is 15.6. The first-order chi connectivity index (χ1) is 10.1. The Hall–Kier alpha value is -1.74. The van der Waals surface area contributed by atoms with E-state index in [1.807, 2.05) is 24.3 Å². The van der Waals surface area contributed by atoms with Crippen LogP contribution in [0.25, 0.3) is 0 Å². The highest BCUT2D eigenvalue weighted by atomic mass is 19.3. The zero-order chi connectivity index (χ0) is 15.1. The van der Waals surface area contributed by atoms with Gasteiger partial charge in [-0.3, -0.25) is 0 Å². The van der Waals surface area contributed by atoms with E-state index in [2.05, 4.69) is 24.4 Å². The van der Waals surface area contributed by atoms with Gasteiger partial charge in [-0.05, 0) is 37.0 Å². The Labute approximate surface area is 125 Å². The number of aryl methyl sites for hydroxylation is 1. The molecule has 0 bridgehead atoms. The summed E-state index contributed by atoms with van der Waals surface area (Å²) in [5.41, 5.74) is 2.32. The molecule has 1 atom stereocenters. The molecule has 0 aliphatic rings. The molecule has 0 spiro atoms. The Balaban J connectivity index is 1.78. The van der Waals surface area contributed by atoms with Crippen LogP contribution >= 0.6 is 0 Å². The minimum atomic E-state index is -2.40. The number of nitrogens with one attached hydrogen (secondary N) is 1.